The van der Waals surface area contributed by atoms with Gasteiger partial charge in [-0.25, -0.2) is 4.79 Å². The maximum absolute atomic E-state index is 12.1. The zero-order valence-corrected chi connectivity index (χ0v) is 16.7. The van der Waals surface area contributed by atoms with Crippen LogP contribution < -0.4 is 0 Å². The zero-order valence-electron chi connectivity index (χ0n) is 14.6. The van der Waals surface area contributed by atoms with Gasteiger partial charge in [0.25, 0.3) is 0 Å². The summed E-state index contributed by atoms with van der Waals surface area (Å²) in [4.78, 5) is 13.8. The number of nitrogens with zero attached hydrogens (tertiary/aromatic N) is 1. The molecule has 0 bridgehead atoms. The summed E-state index contributed by atoms with van der Waals surface area (Å²) in [6.07, 6.45) is 0.702. The largest absolute Gasteiger partial charge is 0.444 e. The maximum Gasteiger partial charge on any atom is 0.410 e. The van der Waals surface area contributed by atoms with Crippen LogP contribution in [0.3, 0.4) is 0 Å². The average Bonchev–Trinajstić information content (AvgIpc) is 2.36. The highest BCUT2D eigenvalue weighted by Gasteiger charge is 2.37. The number of alkyl halides is 1. The second kappa shape index (κ2) is 7.66. The molecule has 0 aromatic rings. The maximum atomic E-state index is 12.1. The van der Waals surface area contributed by atoms with Crippen molar-refractivity contribution in [1.29, 1.82) is 0 Å². The van der Waals surface area contributed by atoms with Crippen molar-refractivity contribution in [3.8, 4) is 0 Å². The molecule has 1 fully saturated rings. The smallest absolute Gasteiger partial charge is 0.410 e. The summed E-state index contributed by atoms with van der Waals surface area (Å²) < 4.78 is 11.3. The summed E-state index contributed by atoms with van der Waals surface area (Å²) in [5, 5.41) is 9.95. The van der Waals surface area contributed by atoms with Crippen LogP contribution in [0.4, 0.5) is 4.79 Å². The van der Waals surface area contributed by atoms with Crippen LogP contribution in [-0.4, -0.2) is 50.6 Å². The molecule has 1 saturated heterocycles. The number of piperidine rings is 1. The van der Waals surface area contributed by atoms with Crippen LogP contribution in [0.5, 0.6) is 0 Å². The fraction of sp³-hybridized carbons (Fsp3) is 0.938. The van der Waals surface area contributed by atoms with E-state index >= 15 is 0 Å². The van der Waals surface area contributed by atoms with Crippen molar-refractivity contribution < 1.29 is 19.4 Å². The van der Waals surface area contributed by atoms with Gasteiger partial charge in [0.15, 0.2) is 6.29 Å². The predicted molar refractivity (Wildman–Crippen MR) is 95.2 cm³/mol. The Kier molecular flexibility index (Phi) is 6.95. The fourth-order valence-electron chi connectivity index (χ4n) is 2.58. The first-order valence-corrected chi connectivity index (χ1v) is 9.15. The second-order valence-electron chi connectivity index (χ2n) is 7.53. The molecule has 0 aromatic carbocycles. The van der Waals surface area contributed by atoms with Gasteiger partial charge in [-0.3, -0.25) is 0 Å². The van der Waals surface area contributed by atoms with E-state index in [1.54, 1.807) is 4.90 Å². The highest BCUT2D eigenvalue weighted by Crippen LogP contribution is 2.33. The lowest BCUT2D eigenvalue weighted by Crippen LogP contribution is -2.48. The summed E-state index contributed by atoms with van der Waals surface area (Å²) in [5.74, 6) is 0.316. The van der Waals surface area contributed by atoms with E-state index < -0.39 is 17.5 Å². The van der Waals surface area contributed by atoms with Gasteiger partial charge in [-0.2, -0.15) is 0 Å². The van der Waals surface area contributed by atoms with Gasteiger partial charge in [-0.05, 0) is 60.3 Å². The Balaban J connectivity index is 2.52. The van der Waals surface area contributed by atoms with Crippen LogP contribution in [0.15, 0.2) is 0 Å². The summed E-state index contributed by atoms with van der Waals surface area (Å²) in [5.41, 5.74) is -0.865. The number of ether oxygens (including phenoxy) is 2. The van der Waals surface area contributed by atoms with Gasteiger partial charge in [0.1, 0.15) is 5.60 Å². The number of aliphatic hydroxyl groups excluding tert-OH is 1. The van der Waals surface area contributed by atoms with E-state index in [1.165, 1.54) is 0 Å². The van der Waals surface area contributed by atoms with Crippen LogP contribution in [0, 0.1) is 5.92 Å². The van der Waals surface area contributed by atoms with E-state index in [0.717, 1.165) is 12.8 Å². The Morgan fingerprint density at radius 1 is 1.23 bits per heavy atom. The molecule has 0 aliphatic carbocycles. The fourth-order valence-corrected chi connectivity index (χ4v) is 2.73. The van der Waals surface area contributed by atoms with E-state index in [0.29, 0.717) is 19.0 Å². The van der Waals surface area contributed by atoms with Crippen LogP contribution in [-0.2, 0) is 9.47 Å². The standard InChI is InChI=1S/C16H30INO4/c1-11(17)13(19)21-16(5,6)12-7-9-18(10-8-12)14(20)22-15(2,3)4/h11-13,19H,7-10H2,1-6H3. The number of rotatable bonds is 4. The summed E-state index contributed by atoms with van der Waals surface area (Å²) in [6, 6.07) is 0. The number of halogens is 1. The summed E-state index contributed by atoms with van der Waals surface area (Å²) in [7, 11) is 0. The first-order valence-electron chi connectivity index (χ1n) is 7.90. The first kappa shape index (κ1) is 20.0. The molecule has 0 saturated carbocycles. The van der Waals surface area contributed by atoms with Crippen molar-refractivity contribution in [2.24, 2.45) is 5.92 Å². The van der Waals surface area contributed by atoms with Gasteiger partial charge in [-0.15, -0.1) is 0 Å². The minimum atomic E-state index is -0.764. The molecular formula is C16H30INO4. The molecule has 2 atom stereocenters. The average molecular weight is 427 g/mol. The van der Waals surface area contributed by atoms with Gasteiger partial charge in [0.05, 0.1) is 9.53 Å². The molecule has 1 heterocycles. The van der Waals surface area contributed by atoms with E-state index in [2.05, 4.69) is 22.6 Å². The molecule has 1 aliphatic rings. The zero-order chi connectivity index (χ0) is 17.1. The molecule has 1 amide bonds. The van der Waals surface area contributed by atoms with Gasteiger partial charge < -0.3 is 19.5 Å². The Bertz CT molecular complexity index is 371. The van der Waals surface area contributed by atoms with Crippen molar-refractivity contribution in [2.75, 3.05) is 13.1 Å². The molecule has 0 aromatic heterocycles. The van der Waals surface area contributed by atoms with Gasteiger partial charge in [0.2, 0.25) is 0 Å². The number of amides is 1. The summed E-state index contributed by atoms with van der Waals surface area (Å²) >= 11 is 2.16. The number of likely N-dealkylation sites (tertiary alicyclic amines) is 1. The third kappa shape index (κ3) is 6.20. The van der Waals surface area contributed by atoms with E-state index in [9.17, 15) is 9.90 Å². The Labute approximate surface area is 147 Å². The third-order valence-corrected chi connectivity index (χ3v) is 4.56. The van der Waals surface area contributed by atoms with Crippen LogP contribution >= 0.6 is 22.6 Å². The highest BCUT2D eigenvalue weighted by molar-refractivity contribution is 14.1. The summed E-state index contributed by atoms with van der Waals surface area (Å²) in [6.45, 7) is 12.9. The van der Waals surface area contributed by atoms with Gasteiger partial charge in [-0.1, -0.05) is 22.6 Å². The van der Waals surface area contributed by atoms with Gasteiger partial charge in [0, 0.05) is 13.1 Å². The molecule has 1 aliphatic heterocycles. The first-order chi connectivity index (χ1) is 9.92. The number of hydrogen-bond acceptors (Lipinski definition) is 4. The third-order valence-electron chi connectivity index (χ3n) is 3.95. The van der Waals surface area contributed by atoms with E-state index in [4.69, 9.17) is 9.47 Å². The molecular weight excluding hydrogens is 397 g/mol. The lowest BCUT2D eigenvalue weighted by atomic mass is 9.83. The van der Waals surface area contributed by atoms with Crippen molar-refractivity contribution >= 4 is 28.7 Å². The molecule has 5 nitrogen and oxygen atoms in total. The minimum absolute atomic E-state index is 0.0405. The van der Waals surface area contributed by atoms with Crippen molar-refractivity contribution in [2.45, 2.75) is 75.8 Å². The van der Waals surface area contributed by atoms with Crippen LogP contribution in [0.2, 0.25) is 0 Å². The monoisotopic (exact) mass is 427 g/mol. The molecule has 1 N–H and O–H groups in total. The quantitative estimate of drug-likeness (QED) is 0.424. The molecule has 0 spiro atoms. The van der Waals surface area contributed by atoms with E-state index in [1.807, 2.05) is 41.5 Å². The SMILES string of the molecule is CC(I)C(O)OC(C)(C)C1CCN(C(=O)OC(C)(C)C)CC1. The number of hydrogen-bond donors (Lipinski definition) is 1. The number of aliphatic hydroxyl groups is 1. The van der Waals surface area contributed by atoms with Crippen molar-refractivity contribution in [3.05, 3.63) is 0 Å². The van der Waals surface area contributed by atoms with Crippen molar-refractivity contribution in [3.63, 3.8) is 0 Å². The number of carbonyl (C=O) groups is 1. The Hall–Kier alpha value is -0.0800. The van der Waals surface area contributed by atoms with Crippen LogP contribution in [0.1, 0.15) is 54.4 Å². The lowest BCUT2D eigenvalue weighted by Gasteiger charge is -2.41. The molecule has 2 unspecified atom stereocenters. The molecule has 6 heteroatoms. The van der Waals surface area contributed by atoms with E-state index in [-0.39, 0.29) is 10.0 Å². The lowest BCUT2D eigenvalue weighted by molar-refractivity contribution is -0.192. The predicted octanol–water partition coefficient (Wildman–Crippen LogP) is 3.57. The Morgan fingerprint density at radius 3 is 2.14 bits per heavy atom. The van der Waals surface area contributed by atoms with Crippen LogP contribution in [0.25, 0.3) is 0 Å². The highest BCUT2D eigenvalue weighted by atomic mass is 127. The number of carbonyl (C=O) groups excluding carboxylic acids is 1. The molecule has 130 valence electrons. The minimum Gasteiger partial charge on any atom is -0.444 e. The van der Waals surface area contributed by atoms with Crippen molar-refractivity contribution in [1.82, 2.24) is 4.90 Å². The normalized spacial score (nSPS) is 20.6. The molecule has 1 rings (SSSR count). The molecule has 0 radical (unpaired) electrons. The molecule has 22 heavy (non-hydrogen) atoms. The van der Waals surface area contributed by atoms with Gasteiger partial charge >= 0.3 is 6.09 Å². The second-order valence-corrected chi connectivity index (χ2v) is 9.50. The topological polar surface area (TPSA) is 59.0 Å². The Morgan fingerprint density at radius 2 is 1.73 bits per heavy atom.